The highest BCUT2D eigenvalue weighted by Crippen LogP contribution is 2.11. The smallest absolute Gasteiger partial charge is 0.251 e. The molecule has 0 aromatic heterocycles. The molecule has 4 nitrogen and oxygen atoms in total. The average molecular weight is 331 g/mol. The molecular formula is C18H21NO3S. The maximum atomic E-state index is 12.2. The molecule has 1 unspecified atom stereocenters. The zero-order chi connectivity index (χ0) is 16.7. The maximum Gasteiger partial charge on any atom is 0.251 e. The Morgan fingerprint density at radius 2 is 1.87 bits per heavy atom. The predicted molar refractivity (Wildman–Crippen MR) is 93.2 cm³/mol. The van der Waals surface area contributed by atoms with Gasteiger partial charge in [-0.1, -0.05) is 24.3 Å². The van der Waals surface area contributed by atoms with E-state index >= 15 is 0 Å². The van der Waals surface area contributed by atoms with Gasteiger partial charge in [0.05, 0.1) is 7.11 Å². The molecule has 0 aliphatic rings. The van der Waals surface area contributed by atoms with Gasteiger partial charge in [0.2, 0.25) is 0 Å². The molecule has 1 atom stereocenters. The van der Waals surface area contributed by atoms with Crippen molar-refractivity contribution in [2.75, 3.05) is 19.9 Å². The highest BCUT2D eigenvalue weighted by Gasteiger charge is 2.06. The zero-order valence-electron chi connectivity index (χ0n) is 13.4. The Kier molecular flexibility index (Phi) is 6.35. The molecule has 0 heterocycles. The van der Waals surface area contributed by atoms with Crippen LogP contribution in [0.25, 0.3) is 0 Å². The van der Waals surface area contributed by atoms with Crippen LogP contribution >= 0.6 is 0 Å². The van der Waals surface area contributed by atoms with Gasteiger partial charge in [0.1, 0.15) is 5.75 Å². The van der Waals surface area contributed by atoms with Crippen LogP contribution in [0.1, 0.15) is 21.5 Å². The van der Waals surface area contributed by atoms with Crippen LogP contribution in [-0.2, 0) is 23.0 Å². The van der Waals surface area contributed by atoms with Gasteiger partial charge >= 0.3 is 0 Å². The molecule has 0 radical (unpaired) electrons. The minimum absolute atomic E-state index is 0.109. The summed E-state index contributed by atoms with van der Waals surface area (Å²) in [6.45, 7) is 0.565. The summed E-state index contributed by atoms with van der Waals surface area (Å²) < 4.78 is 16.4. The quantitative estimate of drug-likeness (QED) is 0.848. The van der Waals surface area contributed by atoms with E-state index < -0.39 is 10.8 Å². The highest BCUT2D eigenvalue weighted by atomic mass is 32.2. The topological polar surface area (TPSA) is 55.4 Å². The lowest BCUT2D eigenvalue weighted by molar-refractivity contribution is 0.0954. The summed E-state index contributed by atoms with van der Waals surface area (Å²) in [6, 6.07) is 15.1. The molecule has 122 valence electrons. The molecule has 0 aliphatic carbocycles. The first kappa shape index (κ1) is 17.2. The van der Waals surface area contributed by atoms with Gasteiger partial charge in [0.15, 0.2) is 0 Å². The van der Waals surface area contributed by atoms with E-state index in [1.165, 1.54) is 0 Å². The number of hydrogen-bond acceptors (Lipinski definition) is 3. The number of rotatable bonds is 7. The minimum Gasteiger partial charge on any atom is -0.497 e. The summed E-state index contributed by atoms with van der Waals surface area (Å²) in [5.74, 6) is 1.18. The van der Waals surface area contributed by atoms with Gasteiger partial charge in [-0.15, -0.1) is 0 Å². The molecule has 0 fully saturated rings. The number of carbonyl (C=O) groups excluding carboxylic acids is 1. The van der Waals surface area contributed by atoms with E-state index in [4.69, 9.17) is 4.74 Å². The second kappa shape index (κ2) is 8.48. The van der Waals surface area contributed by atoms with Crippen molar-refractivity contribution in [1.82, 2.24) is 5.32 Å². The van der Waals surface area contributed by atoms with Crippen LogP contribution in [-0.4, -0.2) is 30.0 Å². The third kappa shape index (κ3) is 5.53. The second-order valence-corrected chi connectivity index (χ2v) is 6.71. The van der Waals surface area contributed by atoms with Crippen molar-refractivity contribution in [2.45, 2.75) is 12.2 Å². The van der Waals surface area contributed by atoms with Crippen molar-refractivity contribution in [3.8, 4) is 5.75 Å². The molecule has 23 heavy (non-hydrogen) atoms. The van der Waals surface area contributed by atoms with Gasteiger partial charge in [-0.3, -0.25) is 9.00 Å². The van der Waals surface area contributed by atoms with Gasteiger partial charge in [-0.2, -0.15) is 0 Å². The standard InChI is InChI=1S/C18H21NO3S/c1-22-17-8-6-14(7-9-17)10-11-19-18(20)16-5-3-4-15(12-16)13-23(2)21/h3-9,12H,10-11,13H2,1-2H3,(H,19,20). The molecule has 2 rings (SSSR count). The highest BCUT2D eigenvalue weighted by molar-refractivity contribution is 7.83. The van der Waals surface area contributed by atoms with Crippen LogP contribution < -0.4 is 10.1 Å². The van der Waals surface area contributed by atoms with Crippen LogP contribution in [0.3, 0.4) is 0 Å². The summed E-state index contributed by atoms with van der Waals surface area (Å²) in [5, 5.41) is 2.91. The van der Waals surface area contributed by atoms with Gasteiger partial charge in [0, 0.05) is 34.9 Å². The van der Waals surface area contributed by atoms with E-state index in [0.717, 1.165) is 23.3 Å². The fourth-order valence-corrected chi connectivity index (χ4v) is 2.90. The van der Waals surface area contributed by atoms with Crippen molar-refractivity contribution < 1.29 is 13.7 Å². The first-order chi connectivity index (χ1) is 11.1. The third-order valence-corrected chi connectivity index (χ3v) is 4.16. The normalized spacial score (nSPS) is 11.7. The van der Waals surface area contributed by atoms with Crippen LogP contribution in [0.15, 0.2) is 48.5 Å². The summed E-state index contributed by atoms with van der Waals surface area (Å²) in [5.41, 5.74) is 2.65. The fourth-order valence-electron chi connectivity index (χ4n) is 2.25. The van der Waals surface area contributed by atoms with Crippen molar-refractivity contribution in [3.63, 3.8) is 0 Å². The molecule has 0 saturated heterocycles. The maximum absolute atomic E-state index is 12.2. The second-order valence-electron chi connectivity index (χ2n) is 5.27. The molecule has 5 heteroatoms. The Balaban J connectivity index is 1.87. The van der Waals surface area contributed by atoms with Crippen molar-refractivity contribution in [1.29, 1.82) is 0 Å². The van der Waals surface area contributed by atoms with Gasteiger partial charge in [0.25, 0.3) is 5.91 Å². The Hall–Kier alpha value is -2.14. The third-order valence-electron chi connectivity index (χ3n) is 3.42. The molecule has 1 N–H and O–H groups in total. The largest absolute Gasteiger partial charge is 0.497 e. The SMILES string of the molecule is COc1ccc(CCNC(=O)c2cccc(CS(C)=O)c2)cc1. The van der Waals surface area contributed by atoms with Crippen LogP contribution in [0.4, 0.5) is 0 Å². The number of benzene rings is 2. The molecule has 0 bridgehead atoms. The van der Waals surface area contributed by atoms with Crippen molar-refractivity contribution >= 4 is 16.7 Å². The molecule has 1 amide bonds. The molecule has 0 spiro atoms. The lowest BCUT2D eigenvalue weighted by Crippen LogP contribution is -2.25. The van der Waals surface area contributed by atoms with E-state index in [1.807, 2.05) is 36.4 Å². The number of carbonyl (C=O) groups is 1. The molecule has 0 aliphatic heterocycles. The molecule has 2 aromatic rings. The minimum atomic E-state index is -0.913. The Morgan fingerprint density at radius 1 is 1.13 bits per heavy atom. The van der Waals surface area contributed by atoms with Crippen LogP contribution in [0.5, 0.6) is 5.75 Å². The fraction of sp³-hybridized carbons (Fsp3) is 0.278. The summed E-state index contributed by atoms with van der Waals surface area (Å²) >= 11 is 0. The molecule has 0 saturated carbocycles. The monoisotopic (exact) mass is 331 g/mol. The van der Waals surface area contributed by atoms with E-state index in [1.54, 1.807) is 25.5 Å². The number of amides is 1. The predicted octanol–water partition coefficient (Wildman–Crippen LogP) is 2.55. The first-order valence-corrected chi connectivity index (χ1v) is 9.11. The van der Waals surface area contributed by atoms with Gasteiger partial charge in [-0.05, 0) is 41.8 Å². The molecule has 2 aromatic carbocycles. The van der Waals surface area contributed by atoms with Crippen molar-refractivity contribution in [2.24, 2.45) is 0 Å². The van der Waals surface area contributed by atoms with E-state index in [9.17, 15) is 9.00 Å². The lowest BCUT2D eigenvalue weighted by Gasteiger charge is -2.07. The first-order valence-electron chi connectivity index (χ1n) is 7.38. The number of hydrogen-bond donors (Lipinski definition) is 1. The number of methoxy groups -OCH3 is 1. The zero-order valence-corrected chi connectivity index (χ0v) is 14.2. The van der Waals surface area contributed by atoms with Crippen molar-refractivity contribution in [3.05, 3.63) is 65.2 Å². The van der Waals surface area contributed by atoms with Gasteiger partial charge in [-0.25, -0.2) is 0 Å². The Bertz CT molecular complexity index is 683. The van der Waals surface area contributed by atoms with Crippen LogP contribution in [0.2, 0.25) is 0 Å². The summed E-state index contributed by atoms with van der Waals surface area (Å²) in [7, 11) is 0.723. The summed E-state index contributed by atoms with van der Waals surface area (Å²) in [4.78, 5) is 12.2. The molecular weight excluding hydrogens is 310 g/mol. The lowest BCUT2D eigenvalue weighted by atomic mass is 10.1. The van der Waals surface area contributed by atoms with Crippen LogP contribution in [0, 0.1) is 0 Å². The summed E-state index contributed by atoms with van der Waals surface area (Å²) in [6.07, 6.45) is 2.41. The van der Waals surface area contributed by atoms with E-state index in [-0.39, 0.29) is 5.91 Å². The van der Waals surface area contributed by atoms with Gasteiger partial charge < -0.3 is 10.1 Å². The average Bonchev–Trinajstić information content (AvgIpc) is 2.55. The van der Waals surface area contributed by atoms with E-state index in [2.05, 4.69) is 5.32 Å². The Morgan fingerprint density at radius 3 is 2.52 bits per heavy atom. The Labute approximate surface area is 139 Å². The number of nitrogens with one attached hydrogen (secondary N) is 1. The van der Waals surface area contributed by atoms with E-state index in [0.29, 0.717) is 17.9 Å². The number of ether oxygens (including phenoxy) is 1.